The molecule has 0 radical (unpaired) electrons. The van der Waals surface area contributed by atoms with Crippen molar-refractivity contribution in [1.29, 1.82) is 0 Å². The lowest BCUT2D eigenvalue weighted by Crippen LogP contribution is -2.47. The third-order valence-electron chi connectivity index (χ3n) is 4.90. The van der Waals surface area contributed by atoms with Crippen LogP contribution < -0.4 is 0 Å². The van der Waals surface area contributed by atoms with Crippen molar-refractivity contribution in [2.45, 2.75) is 97.1 Å². The lowest BCUT2D eigenvalue weighted by molar-refractivity contribution is -0.147. The van der Waals surface area contributed by atoms with Crippen LogP contribution in [0, 0.1) is 17.8 Å². The fourth-order valence-corrected chi connectivity index (χ4v) is 4.29. The van der Waals surface area contributed by atoms with Crippen LogP contribution in [0.25, 0.3) is 0 Å². The zero-order valence-electron chi connectivity index (χ0n) is 16.2. The maximum atomic E-state index is 11.0. The van der Waals surface area contributed by atoms with Gasteiger partial charge >= 0.3 is 5.97 Å². The van der Waals surface area contributed by atoms with E-state index in [-0.39, 0.29) is 17.1 Å². The first kappa shape index (κ1) is 20.3. The van der Waals surface area contributed by atoms with E-state index in [1.165, 1.54) is 6.92 Å². The van der Waals surface area contributed by atoms with E-state index in [0.717, 1.165) is 25.7 Å². The topological polar surface area (TPSA) is 35.5 Å². The van der Waals surface area contributed by atoms with Crippen LogP contribution in [0.5, 0.6) is 0 Å². The normalized spacial score (nSPS) is 23.0. The van der Waals surface area contributed by atoms with Gasteiger partial charge in [0.1, 0.15) is 11.7 Å². The van der Waals surface area contributed by atoms with Gasteiger partial charge in [-0.2, -0.15) is 0 Å². The van der Waals surface area contributed by atoms with Gasteiger partial charge in [0.25, 0.3) is 0 Å². The van der Waals surface area contributed by atoms with E-state index in [2.05, 4.69) is 59.6 Å². The molecule has 4 heteroatoms. The van der Waals surface area contributed by atoms with Gasteiger partial charge in [0.05, 0.1) is 0 Å². The van der Waals surface area contributed by atoms with E-state index in [0.29, 0.717) is 5.92 Å². The van der Waals surface area contributed by atoms with Gasteiger partial charge in [-0.05, 0) is 57.7 Å². The third-order valence-corrected chi connectivity index (χ3v) is 9.53. The lowest BCUT2D eigenvalue weighted by atomic mass is 9.87. The highest BCUT2D eigenvalue weighted by atomic mass is 28.4. The second kappa shape index (κ2) is 7.40. The van der Waals surface area contributed by atoms with E-state index >= 15 is 0 Å². The zero-order valence-corrected chi connectivity index (χ0v) is 17.2. The Labute approximate surface area is 143 Å². The summed E-state index contributed by atoms with van der Waals surface area (Å²) in [6.45, 7) is 16.9. The summed E-state index contributed by atoms with van der Waals surface area (Å²) < 4.78 is 11.7. The first-order valence-electron chi connectivity index (χ1n) is 8.72. The quantitative estimate of drug-likeness (QED) is 0.416. The molecule has 0 amide bonds. The van der Waals surface area contributed by atoms with Crippen LogP contribution >= 0.6 is 0 Å². The highest BCUT2D eigenvalue weighted by Crippen LogP contribution is 2.39. The maximum Gasteiger partial charge on any atom is 0.302 e. The fourth-order valence-electron chi connectivity index (χ4n) is 2.65. The average Bonchev–Trinajstić information content (AvgIpc) is 2.34. The molecule has 0 aromatic rings. The van der Waals surface area contributed by atoms with Crippen LogP contribution in [-0.4, -0.2) is 26.0 Å². The van der Waals surface area contributed by atoms with Gasteiger partial charge in [-0.15, -0.1) is 0 Å². The number of rotatable bonds is 3. The maximum absolute atomic E-state index is 11.0. The van der Waals surface area contributed by atoms with Gasteiger partial charge in [-0.1, -0.05) is 32.6 Å². The van der Waals surface area contributed by atoms with Crippen LogP contribution in [0.2, 0.25) is 18.1 Å². The molecule has 0 spiro atoms. The molecular formula is C19H34O3Si. The molecule has 3 nitrogen and oxygen atoms in total. The number of hydrogen-bond acceptors (Lipinski definition) is 3. The summed E-state index contributed by atoms with van der Waals surface area (Å²) >= 11 is 0. The SMILES string of the molecule is CC(=O)OC1CCC(C#CC(C)(C)O[Si](C)(C)C(C)(C)C)CC1. The largest absolute Gasteiger partial charge is 0.463 e. The van der Waals surface area contributed by atoms with E-state index in [1.54, 1.807) is 0 Å². The minimum Gasteiger partial charge on any atom is -0.463 e. The predicted molar refractivity (Wildman–Crippen MR) is 97.6 cm³/mol. The van der Waals surface area contributed by atoms with Gasteiger partial charge < -0.3 is 9.16 Å². The van der Waals surface area contributed by atoms with Crippen LogP contribution in [0.4, 0.5) is 0 Å². The number of carbonyl (C=O) groups is 1. The van der Waals surface area contributed by atoms with Crippen molar-refractivity contribution in [1.82, 2.24) is 0 Å². The monoisotopic (exact) mass is 338 g/mol. The van der Waals surface area contributed by atoms with Gasteiger partial charge in [-0.25, -0.2) is 0 Å². The molecule has 1 saturated carbocycles. The summed E-state index contributed by atoms with van der Waals surface area (Å²) in [4.78, 5) is 11.0. The highest BCUT2D eigenvalue weighted by Gasteiger charge is 2.41. The van der Waals surface area contributed by atoms with Crippen molar-refractivity contribution < 1.29 is 14.0 Å². The number of carbonyl (C=O) groups excluding carboxylic acids is 1. The standard InChI is InChI=1S/C19H34O3Si/c1-15(20)21-17-11-9-16(10-12-17)13-14-19(5,6)22-23(7,8)18(2,3)4/h16-17H,9-12H2,1-8H3. The Morgan fingerprint density at radius 1 is 1.04 bits per heavy atom. The summed E-state index contributed by atoms with van der Waals surface area (Å²) in [5.74, 6) is 7.00. The van der Waals surface area contributed by atoms with Gasteiger partial charge in [0, 0.05) is 12.8 Å². The van der Waals surface area contributed by atoms with Crippen molar-refractivity contribution in [2.24, 2.45) is 5.92 Å². The molecule has 23 heavy (non-hydrogen) atoms. The summed E-state index contributed by atoms with van der Waals surface area (Å²) in [5, 5.41) is 0.189. The minimum atomic E-state index is -1.82. The van der Waals surface area contributed by atoms with Crippen molar-refractivity contribution in [3.63, 3.8) is 0 Å². The Balaban J connectivity index is 2.60. The van der Waals surface area contributed by atoms with E-state index in [4.69, 9.17) is 9.16 Å². The molecule has 1 fully saturated rings. The average molecular weight is 339 g/mol. The Bertz CT molecular complexity index is 469. The first-order valence-corrected chi connectivity index (χ1v) is 11.6. The van der Waals surface area contributed by atoms with Gasteiger partial charge in [-0.3, -0.25) is 4.79 Å². The fraction of sp³-hybridized carbons (Fsp3) is 0.842. The molecule has 0 bridgehead atoms. The van der Waals surface area contributed by atoms with E-state index in [1.807, 2.05) is 0 Å². The molecule has 1 rings (SSSR count). The summed E-state index contributed by atoms with van der Waals surface area (Å²) in [6, 6.07) is 0. The van der Waals surface area contributed by atoms with Crippen LogP contribution in [0.3, 0.4) is 0 Å². The second-order valence-corrected chi connectivity index (χ2v) is 13.4. The molecule has 0 aromatic carbocycles. The van der Waals surface area contributed by atoms with Crippen LogP contribution in [0.1, 0.15) is 67.2 Å². The first-order chi connectivity index (χ1) is 10.3. The second-order valence-electron chi connectivity index (χ2n) is 8.73. The molecule has 0 N–H and O–H groups in total. The molecule has 1 aliphatic carbocycles. The zero-order chi connectivity index (χ0) is 17.9. The van der Waals surface area contributed by atoms with E-state index in [9.17, 15) is 4.79 Å². The van der Waals surface area contributed by atoms with E-state index < -0.39 is 13.9 Å². The Hall–Kier alpha value is -0.793. The number of esters is 1. The summed E-state index contributed by atoms with van der Waals surface area (Å²) in [7, 11) is -1.82. The van der Waals surface area contributed by atoms with Crippen molar-refractivity contribution in [3.8, 4) is 11.8 Å². The molecule has 0 saturated heterocycles. The third kappa shape index (κ3) is 6.69. The Kier molecular flexibility index (Phi) is 6.52. The predicted octanol–water partition coefficient (Wildman–Crippen LogP) is 4.91. The molecule has 132 valence electrons. The van der Waals surface area contributed by atoms with Crippen LogP contribution in [0.15, 0.2) is 0 Å². The minimum absolute atomic E-state index is 0.0852. The molecule has 1 aliphatic rings. The van der Waals surface area contributed by atoms with Crippen molar-refractivity contribution >= 4 is 14.3 Å². The highest BCUT2D eigenvalue weighted by molar-refractivity contribution is 6.74. The molecule has 0 heterocycles. The molecular weight excluding hydrogens is 304 g/mol. The van der Waals surface area contributed by atoms with Crippen molar-refractivity contribution in [2.75, 3.05) is 0 Å². The molecule has 0 aliphatic heterocycles. The lowest BCUT2D eigenvalue weighted by Gasteiger charge is -2.41. The molecule has 0 aromatic heterocycles. The summed E-state index contributed by atoms with van der Waals surface area (Å²) in [5.41, 5.74) is -0.407. The Morgan fingerprint density at radius 2 is 1.57 bits per heavy atom. The smallest absolute Gasteiger partial charge is 0.302 e. The number of hydrogen-bond donors (Lipinski definition) is 0. The van der Waals surface area contributed by atoms with Gasteiger partial charge in [0.15, 0.2) is 8.32 Å². The van der Waals surface area contributed by atoms with Gasteiger partial charge in [0.2, 0.25) is 0 Å². The molecule has 0 atom stereocenters. The van der Waals surface area contributed by atoms with Crippen molar-refractivity contribution in [3.05, 3.63) is 0 Å². The number of ether oxygens (including phenoxy) is 1. The van der Waals surface area contributed by atoms with Crippen LogP contribution in [-0.2, 0) is 14.0 Å². The summed E-state index contributed by atoms with van der Waals surface area (Å²) in [6.07, 6.45) is 3.93. The molecule has 0 unspecified atom stereocenters. The Morgan fingerprint density at radius 3 is 2.00 bits per heavy atom.